The molecule has 1 saturated heterocycles. The van der Waals surface area contributed by atoms with Crippen LogP contribution in [0.2, 0.25) is 0 Å². The lowest BCUT2D eigenvalue weighted by molar-refractivity contribution is -0.130. The maximum atomic E-state index is 11.5. The van der Waals surface area contributed by atoms with Gasteiger partial charge in [0, 0.05) is 32.7 Å². The van der Waals surface area contributed by atoms with Crippen molar-refractivity contribution in [3.63, 3.8) is 0 Å². The van der Waals surface area contributed by atoms with Crippen LogP contribution in [0.25, 0.3) is 0 Å². The summed E-state index contributed by atoms with van der Waals surface area (Å²) in [5, 5.41) is 0. The topological polar surface area (TPSA) is 23.6 Å². The van der Waals surface area contributed by atoms with Crippen molar-refractivity contribution in [1.29, 1.82) is 0 Å². The van der Waals surface area contributed by atoms with Crippen LogP contribution in [0.3, 0.4) is 0 Å². The highest BCUT2D eigenvalue weighted by Gasteiger charge is 2.19. The first-order valence-electron chi connectivity index (χ1n) is 6.35. The monoisotopic (exact) mass is 264 g/mol. The molecule has 1 aliphatic rings. The van der Waals surface area contributed by atoms with Crippen LogP contribution in [-0.4, -0.2) is 47.6 Å². The average Bonchev–Trinajstić information content (AvgIpc) is 2.39. The first kappa shape index (κ1) is 13.4. The maximum absolute atomic E-state index is 11.5. The Morgan fingerprint density at radius 3 is 2.61 bits per heavy atom. The number of nitrogens with zero attached hydrogens (tertiary/aromatic N) is 2. The molecule has 0 atom stereocenters. The molecule has 98 valence electrons. The van der Waals surface area contributed by atoms with Crippen molar-refractivity contribution in [1.82, 2.24) is 9.80 Å². The third-order valence-corrected chi connectivity index (χ3v) is 3.62. The van der Waals surface area contributed by atoms with Crippen molar-refractivity contribution in [2.75, 3.05) is 31.9 Å². The second kappa shape index (κ2) is 6.25. The Kier molecular flexibility index (Phi) is 4.66. The summed E-state index contributed by atoms with van der Waals surface area (Å²) in [6, 6.07) is 8.61. The number of hydrogen-bond donors (Lipinski definition) is 1. The van der Waals surface area contributed by atoms with E-state index >= 15 is 0 Å². The van der Waals surface area contributed by atoms with Gasteiger partial charge in [0.2, 0.25) is 5.91 Å². The van der Waals surface area contributed by atoms with Crippen molar-refractivity contribution in [2.45, 2.75) is 13.5 Å². The fourth-order valence-corrected chi connectivity index (χ4v) is 2.52. The molecule has 1 fully saturated rings. The van der Waals surface area contributed by atoms with Gasteiger partial charge in [-0.1, -0.05) is 29.8 Å². The summed E-state index contributed by atoms with van der Waals surface area (Å²) < 4.78 is 0. The van der Waals surface area contributed by atoms with Gasteiger partial charge >= 0.3 is 0 Å². The minimum atomic E-state index is 0.147. The molecule has 1 aromatic carbocycles. The molecule has 0 unspecified atom stereocenters. The lowest BCUT2D eigenvalue weighted by Gasteiger charge is -2.34. The summed E-state index contributed by atoms with van der Waals surface area (Å²) in [6.07, 6.45) is 0. The van der Waals surface area contributed by atoms with Crippen LogP contribution in [0.1, 0.15) is 11.1 Å². The van der Waals surface area contributed by atoms with Gasteiger partial charge in [0.05, 0.1) is 5.75 Å². The lowest BCUT2D eigenvalue weighted by Crippen LogP contribution is -2.48. The van der Waals surface area contributed by atoms with Crippen LogP contribution in [-0.2, 0) is 11.3 Å². The molecule has 2 rings (SSSR count). The Labute approximate surface area is 114 Å². The van der Waals surface area contributed by atoms with Crippen molar-refractivity contribution in [2.24, 2.45) is 0 Å². The van der Waals surface area contributed by atoms with Gasteiger partial charge < -0.3 is 4.90 Å². The van der Waals surface area contributed by atoms with Gasteiger partial charge in [-0.25, -0.2) is 0 Å². The molecule has 18 heavy (non-hydrogen) atoms. The van der Waals surface area contributed by atoms with Gasteiger partial charge in [-0.05, 0) is 12.5 Å². The molecular weight excluding hydrogens is 244 g/mol. The third-order valence-electron chi connectivity index (χ3n) is 3.35. The van der Waals surface area contributed by atoms with E-state index < -0.39 is 0 Å². The van der Waals surface area contributed by atoms with Gasteiger partial charge in [-0.2, -0.15) is 12.6 Å². The zero-order chi connectivity index (χ0) is 13.0. The maximum Gasteiger partial charge on any atom is 0.232 e. The molecule has 1 heterocycles. The molecule has 1 aromatic rings. The van der Waals surface area contributed by atoms with Gasteiger partial charge in [0.1, 0.15) is 0 Å². The smallest absolute Gasteiger partial charge is 0.232 e. The Morgan fingerprint density at radius 1 is 1.28 bits per heavy atom. The van der Waals surface area contributed by atoms with E-state index in [1.807, 2.05) is 4.90 Å². The number of piperazine rings is 1. The van der Waals surface area contributed by atoms with Crippen LogP contribution in [0, 0.1) is 6.92 Å². The molecule has 0 saturated carbocycles. The molecule has 0 aromatic heterocycles. The summed E-state index contributed by atoms with van der Waals surface area (Å²) in [7, 11) is 0. The number of benzene rings is 1. The van der Waals surface area contributed by atoms with E-state index in [-0.39, 0.29) is 5.91 Å². The number of aryl methyl sites for hydroxylation is 1. The minimum Gasteiger partial charge on any atom is -0.339 e. The Balaban J connectivity index is 1.85. The highest BCUT2D eigenvalue weighted by molar-refractivity contribution is 7.81. The summed E-state index contributed by atoms with van der Waals surface area (Å²) in [5.41, 5.74) is 2.65. The van der Waals surface area contributed by atoms with E-state index in [4.69, 9.17) is 0 Å². The predicted octanol–water partition coefficient (Wildman–Crippen LogP) is 1.57. The minimum absolute atomic E-state index is 0.147. The van der Waals surface area contributed by atoms with Crippen molar-refractivity contribution in [3.8, 4) is 0 Å². The number of rotatable bonds is 3. The van der Waals surface area contributed by atoms with E-state index in [1.165, 1.54) is 11.1 Å². The van der Waals surface area contributed by atoms with Gasteiger partial charge in [0.15, 0.2) is 0 Å². The first-order valence-corrected chi connectivity index (χ1v) is 6.99. The number of carbonyl (C=O) groups excluding carboxylic acids is 1. The van der Waals surface area contributed by atoms with E-state index in [2.05, 4.69) is 48.7 Å². The van der Waals surface area contributed by atoms with Crippen molar-refractivity contribution < 1.29 is 4.79 Å². The predicted molar refractivity (Wildman–Crippen MR) is 76.9 cm³/mol. The molecule has 0 spiro atoms. The molecule has 4 heteroatoms. The molecule has 3 nitrogen and oxygen atoms in total. The van der Waals surface area contributed by atoms with E-state index in [9.17, 15) is 4.79 Å². The van der Waals surface area contributed by atoms with Crippen LogP contribution in [0.5, 0.6) is 0 Å². The second-order valence-corrected chi connectivity index (χ2v) is 5.12. The fourth-order valence-electron chi connectivity index (χ4n) is 2.32. The average molecular weight is 264 g/mol. The summed E-state index contributed by atoms with van der Waals surface area (Å²) in [5.74, 6) is 0.464. The second-order valence-electron chi connectivity index (χ2n) is 4.80. The SMILES string of the molecule is Cc1cccc(CN2CCN(C(=O)CS)CC2)c1. The quantitative estimate of drug-likeness (QED) is 0.838. The van der Waals surface area contributed by atoms with Crippen LogP contribution < -0.4 is 0 Å². The number of amides is 1. The van der Waals surface area contributed by atoms with Gasteiger partial charge in [-0.3, -0.25) is 9.69 Å². The molecule has 1 aliphatic heterocycles. The normalized spacial score (nSPS) is 16.9. The summed E-state index contributed by atoms with van der Waals surface area (Å²) in [6.45, 7) is 6.65. The molecular formula is C14H20N2OS. The molecule has 0 bridgehead atoms. The van der Waals surface area contributed by atoms with Crippen molar-refractivity contribution >= 4 is 18.5 Å². The number of thiol groups is 1. The molecule has 0 N–H and O–H groups in total. The zero-order valence-corrected chi connectivity index (χ0v) is 11.7. The highest BCUT2D eigenvalue weighted by atomic mass is 32.1. The van der Waals surface area contributed by atoms with Crippen molar-refractivity contribution in [3.05, 3.63) is 35.4 Å². The highest BCUT2D eigenvalue weighted by Crippen LogP contribution is 2.10. The largest absolute Gasteiger partial charge is 0.339 e. The summed E-state index contributed by atoms with van der Waals surface area (Å²) >= 11 is 4.03. The van der Waals surface area contributed by atoms with Gasteiger partial charge in [-0.15, -0.1) is 0 Å². The molecule has 0 aliphatic carbocycles. The van der Waals surface area contributed by atoms with E-state index in [0.717, 1.165) is 32.7 Å². The Hall–Kier alpha value is -1.00. The van der Waals surface area contributed by atoms with Crippen LogP contribution >= 0.6 is 12.6 Å². The van der Waals surface area contributed by atoms with Gasteiger partial charge in [0.25, 0.3) is 0 Å². The lowest BCUT2D eigenvalue weighted by atomic mass is 10.1. The fraction of sp³-hybridized carbons (Fsp3) is 0.500. The summed E-state index contributed by atoms with van der Waals surface area (Å²) in [4.78, 5) is 15.8. The Bertz CT molecular complexity index is 414. The number of hydrogen-bond acceptors (Lipinski definition) is 3. The molecule has 1 amide bonds. The number of carbonyl (C=O) groups is 1. The standard InChI is InChI=1S/C14H20N2OS/c1-12-3-2-4-13(9-12)10-15-5-7-16(8-6-15)14(17)11-18/h2-4,9,18H,5-8,10-11H2,1H3. The molecule has 0 radical (unpaired) electrons. The van der Waals surface area contributed by atoms with E-state index in [1.54, 1.807) is 0 Å². The first-order chi connectivity index (χ1) is 8.69. The Morgan fingerprint density at radius 2 is 2.00 bits per heavy atom. The zero-order valence-electron chi connectivity index (χ0n) is 10.8. The van der Waals surface area contributed by atoms with Crippen LogP contribution in [0.4, 0.5) is 0 Å². The van der Waals surface area contributed by atoms with E-state index in [0.29, 0.717) is 5.75 Å². The third kappa shape index (κ3) is 3.50. The van der Waals surface area contributed by atoms with Crippen LogP contribution in [0.15, 0.2) is 24.3 Å².